The Bertz CT molecular complexity index is 386. The number of alkyl halides is 6. The average Bonchev–Trinajstić information content (AvgIpc) is 2.87. The number of aliphatic hydroxyl groups is 2. The molecule has 0 aromatic heterocycles. The van der Waals surface area contributed by atoms with Gasteiger partial charge in [-0.3, -0.25) is 0 Å². The Kier molecular flexibility index (Phi) is 3.61. The van der Waals surface area contributed by atoms with E-state index in [4.69, 9.17) is 5.11 Å². The topological polar surface area (TPSA) is 40.5 Å². The van der Waals surface area contributed by atoms with Gasteiger partial charge >= 0.3 is 12.4 Å². The van der Waals surface area contributed by atoms with Crippen molar-refractivity contribution < 1.29 is 36.6 Å². The fourth-order valence-electron chi connectivity index (χ4n) is 3.11. The summed E-state index contributed by atoms with van der Waals surface area (Å²) in [5.74, 6) is -0.772. The third-order valence-corrected chi connectivity index (χ3v) is 4.27. The Morgan fingerprint density at radius 2 is 1.55 bits per heavy atom. The summed E-state index contributed by atoms with van der Waals surface area (Å²) in [6.45, 7) is 0. The van der Waals surface area contributed by atoms with E-state index in [1.54, 1.807) is 6.08 Å². The van der Waals surface area contributed by atoms with Gasteiger partial charge in [0.2, 0.25) is 0 Å². The summed E-state index contributed by atoms with van der Waals surface area (Å²) in [5.41, 5.74) is -4.87. The number of fused-ring (bicyclic) bond motifs is 2. The lowest BCUT2D eigenvalue weighted by atomic mass is 9.82. The molecule has 1 fully saturated rings. The lowest BCUT2D eigenvalue weighted by Crippen LogP contribution is -2.59. The molecule has 0 spiro atoms. The molecule has 2 bridgehead atoms. The van der Waals surface area contributed by atoms with Gasteiger partial charge in [0.05, 0.1) is 6.10 Å². The number of hydrogen-bond donors (Lipinski definition) is 2. The molecule has 2 aliphatic rings. The van der Waals surface area contributed by atoms with Gasteiger partial charge < -0.3 is 10.2 Å². The maximum absolute atomic E-state index is 12.5. The van der Waals surface area contributed by atoms with E-state index in [1.165, 1.54) is 0 Å². The van der Waals surface area contributed by atoms with Crippen LogP contribution in [0.3, 0.4) is 0 Å². The van der Waals surface area contributed by atoms with Crippen molar-refractivity contribution in [2.75, 3.05) is 0 Å². The van der Waals surface area contributed by atoms with Crippen LogP contribution in [-0.2, 0) is 0 Å². The van der Waals surface area contributed by atoms with Crippen LogP contribution in [0.15, 0.2) is 12.2 Å². The zero-order valence-electron chi connectivity index (χ0n) is 10.2. The number of rotatable bonds is 3. The van der Waals surface area contributed by atoms with E-state index in [9.17, 15) is 31.4 Å². The van der Waals surface area contributed by atoms with Crippen LogP contribution in [-0.4, -0.2) is 34.3 Å². The molecule has 2 rings (SSSR count). The van der Waals surface area contributed by atoms with Gasteiger partial charge in [-0.2, -0.15) is 26.3 Å². The van der Waals surface area contributed by atoms with Gasteiger partial charge in [-0.05, 0) is 30.6 Å². The van der Waals surface area contributed by atoms with Crippen LogP contribution in [0.4, 0.5) is 26.3 Å². The first kappa shape index (κ1) is 15.6. The van der Waals surface area contributed by atoms with Crippen LogP contribution < -0.4 is 0 Å². The van der Waals surface area contributed by atoms with Gasteiger partial charge in [-0.1, -0.05) is 12.2 Å². The van der Waals surface area contributed by atoms with Crippen molar-refractivity contribution in [3.63, 3.8) is 0 Å². The third-order valence-electron chi connectivity index (χ3n) is 4.27. The van der Waals surface area contributed by atoms with Gasteiger partial charge in [-0.15, -0.1) is 0 Å². The van der Waals surface area contributed by atoms with Crippen molar-refractivity contribution >= 4 is 0 Å². The summed E-state index contributed by atoms with van der Waals surface area (Å²) in [5, 5.41) is 18.8. The first-order valence-electron chi connectivity index (χ1n) is 6.18. The minimum Gasteiger partial charge on any atom is -0.393 e. The summed E-state index contributed by atoms with van der Waals surface area (Å²) in [7, 11) is 0. The Hall–Kier alpha value is -0.760. The Labute approximate surface area is 111 Å². The largest absolute Gasteiger partial charge is 0.426 e. The van der Waals surface area contributed by atoms with Crippen LogP contribution in [0.1, 0.15) is 19.3 Å². The normalized spacial score (nSPS) is 31.9. The van der Waals surface area contributed by atoms with Crippen molar-refractivity contribution in [1.82, 2.24) is 0 Å². The molecule has 0 radical (unpaired) electrons. The molecule has 1 saturated carbocycles. The first-order chi connectivity index (χ1) is 8.96. The Morgan fingerprint density at radius 1 is 1.00 bits per heavy atom. The second-order valence-corrected chi connectivity index (χ2v) is 5.57. The summed E-state index contributed by atoms with van der Waals surface area (Å²) in [6.07, 6.45) is -10.8. The molecule has 0 heterocycles. The summed E-state index contributed by atoms with van der Waals surface area (Å²) in [6, 6.07) is 0. The van der Waals surface area contributed by atoms with Gasteiger partial charge in [0, 0.05) is 6.42 Å². The van der Waals surface area contributed by atoms with Crippen molar-refractivity contribution in [3.8, 4) is 0 Å². The van der Waals surface area contributed by atoms with Crippen LogP contribution in [0.25, 0.3) is 0 Å². The predicted octanol–water partition coefficient (Wildman–Crippen LogP) is 2.81. The highest BCUT2D eigenvalue weighted by atomic mass is 19.4. The quantitative estimate of drug-likeness (QED) is 0.622. The van der Waals surface area contributed by atoms with E-state index < -0.39 is 36.4 Å². The van der Waals surface area contributed by atoms with Gasteiger partial charge in [0.15, 0.2) is 0 Å². The fraction of sp³-hybridized carbons (Fsp3) is 0.833. The molecule has 2 nitrogen and oxygen atoms in total. The molecule has 20 heavy (non-hydrogen) atoms. The minimum atomic E-state index is -5.88. The predicted molar refractivity (Wildman–Crippen MR) is 56.5 cm³/mol. The SMILES string of the molecule is OC(CC(O)(C(F)(F)F)C(F)(F)F)C1CC2C=CC1C2. The molecule has 2 N–H and O–H groups in total. The molecule has 4 atom stereocenters. The van der Waals surface area contributed by atoms with E-state index in [1.807, 2.05) is 6.08 Å². The maximum atomic E-state index is 12.5. The number of aliphatic hydroxyl groups excluding tert-OH is 1. The summed E-state index contributed by atoms with van der Waals surface area (Å²) < 4.78 is 75.2. The third kappa shape index (κ3) is 2.43. The molecule has 0 saturated heterocycles. The highest BCUT2D eigenvalue weighted by Crippen LogP contribution is 2.50. The van der Waals surface area contributed by atoms with Gasteiger partial charge in [0.25, 0.3) is 5.60 Å². The first-order valence-corrected chi connectivity index (χ1v) is 6.18. The number of hydrogen-bond acceptors (Lipinski definition) is 2. The van der Waals surface area contributed by atoms with E-state index in [0.717, 1.165) is 0 Å². The second kappa shape index (κ2) is 4.62. The second-order valence-electron chi connectivity index (χ2n) is 5.57. The van der Waals surface area contributed by atoms with E-state index >= 15 is 0 Å². The van der Waals surface area contributed by atoms with Crippen LogP contribution in [0.5, 0.6) is 0 Å². The molecular formula is C12H14F6O2. The van der Waals surface area contributed by atoms with Crippen LogP contribution in [0, 0.1) is 17.8 Å². The molecule has 0 aromatic carbocycles. The van der Waals surface area contributed by atoms with E-state index in [2.05, 4.69) is 0 Å². The minimum absolute atomic E-state index is 0.101. The highest BCUT2D eigenvalue weighted by molar-refractivity contribution is 5.12. The van der Waals surface area contributed by atoms with Crippen molar-refractivity contribution in [3.05, 3.63) is 12.2 Å². The van der Waals surface area contributed by atoms with E-state index in [-0.39, 0.29) is 11.8 Å². The van der Waals surface area contributed by atoms with Gasteiger partial charge in [0.1, 0.15) is 0 Å². The molecular weight excluding hydrogens is 290 g/mol. The average molecular weight is 304 g/mol. The zero-order valence-corrected chi connectivity index (χ0v) is 10.2. The zero-order chi connectivity index (χ0) is 15.3. The fourth-order valence-corrected chi connectivity index (χ4v) is 3.11. The molecule has 8 heteroatoms. The van der Waals surface area contributed by atoms with Crippen LogP contribution in [0.2, 0.25) is 0 Å². The Morgan fingerprint density at radius 3 is 1.90 bits per heavy atom. The van der Waals surface area contributed by atoms with Crippen molar-refractivity contribution in [1.29, 1.82) is 0 Å². The molecule has 0 aliphatic heterocycles. The smallest absolute Gasteiger partial charge is 0.393 e. The van der Waals surface area contributed by atoms with Gasteiger partial charge in [-0.25, -0.2) is 0 Å². The standard InChI is InChI=1S/C12H14F6O2/c13-11(14,15)10(20,12(16,17)18)5-9(19)8-4-6-1-2-7(8)3-6/h1-2,6-9,19-20H,3-5H2. The molecule has 4 unspecified atom stereocenters. The Balaban J connectivity index is 2.15. The maximum Gasteiger partial charge on any atom is 0.426 e. The van der Waals surface area contributed by atoms with Crippen LogP contribution >= 0.6 is 0 Å². The number of halogens is 6. The molecule has 116 valence electrons. The molecule has 0 amide bonds. The molecule has 2 aliphatic carbocycles. The molecule has 0 aromatic rings. The highest BCUT2D eigenvalue weighted by Gasteiger charge is 2.71. The summed E-state index contributed by atoms with van der Waals surface area (Å²) >= 11 is 0. The summed E-state index contributed by atoms with van der Waals surface area (Å²) in [4.78, 5) is 0. The van der Waals surface area contributed by atoms with Crippen molar-refractivity contribution in [2.45, 2.75) is 43.3 Å². The lowest BCUT2D eigenvalue weighted by Gasteiger charge is -2.36. The monoisotopic (exact) mass is 304 g/mol. The lowest BCUT2D eigenvalue weighted by molar-refractivity contribution is -0.375. The van der Waals surface area contributed by atoms with Crippen molar-refractivity contribution in [2.24, 2.45) is 17.8 Å². The van der Waals surface area contributed by atoms with E-state index in [0.29, 0.717) is 12.8 Å². The number of allylic oxidation sites excluding steroid dienone is 2.